The van der Waals surface area contributed by atoms with Crippen molar-refractivity contribution in [3.63, 3.8) is 0 Å². The summed E-state index contributed by atoms with van der Waals surface area (Å²) in [6.07, 6.45) is 6.06. The summed E-state index contributed by atoms with van der Waals surface area (Å²) < 4.78 is 1.96. The van der Waals surface area contributed by atoms with Crippen LogP contribution in [0.25, 0.3) is 0 Å². The zero-order valence-electron chi connectivity index (χ0n) is 14.6. The first-order valence-electron chi connectivity index (χ1n) is 8.63. The molecule has 0 radical (unpaired) electrons. The van der Waals surface area contributed by atoms with Gasteiger partial charge in [-0.1, -0.05) is 30.3 Å². The second kappa shape index (κ2) is 7.62. The van der Waals surface area contributed by atoms with Crippen LogP contribution in [0.3, 0.4) is 0 Å². The van der Waals surface area contributed by atoms with E-state index in [2.05, 4.69) is 22.1 Å². The van der Waals surface area contributed by atoms with Crippen molar-refractivity contribution >= 4 is 5.91 Å². The van der Waals surface area contributed by atoms with Gasteiger partial charge in [0.1, 0.15) is 0 Å². The Morgan fingerprint density at radius 2 is 2.12 bits per heavy atom. The molecule has 0 aliphatic carbocycles. The van der Waals surface area contributed by atoms with E-state index < -0.39 is 0 Å². The van der Waals surface area contributed by atoms with Crippen LogP contribution in [-0.4, -0.2) is 51.7 Å². The summed E-state index contributed by atoms with van der Waals surface area (Å²) >= 11 is 0. The maximum atomic E-state index is 12.7. The lowest BCUT2D eigenvalue weighted by atomic mass is 10.2. The fourth-order valence-corrected chi connectivity index (χ4v) is 3.41. The molecule has 3 rings (SSSR count). The van der Waals surface area contributed by atoms with Gasteiger partial charge in [-0.15, -0.1) is 0 Å². The molecule has 1 aromatic carbocycles. The van der Waals surface area contributed by atoms with Crippen LogP contribution in [0.5, 0.6) is 0 Å². The molecule has 1 aliphatic rings. The number of aryl methyl sites for hydroxylation is 1. The van der Waals surface area contributed by atoms with E-state index in [9.17, 15) is 4.79 Å². The van der Waals surface area contributed by atoms with Crippen molar-refractivity contribution in [1.29, 1.82) is 0 Å². The number of likely N-dealkylation sites (N-methyl/N-ethyl adjacent to an activating group) is 1. The molecule has 1 saturated heterocycles. The minimum Gasteiger partial charge on any atom is -0.337 e. The van der Waals surface area contributed by atoms with Crippen molar-refractivity contribution in [3.8, 4) is 0 Å². The van der Waals surface area contributed by atoms with Crippen LogP contribution in [0.1, 0.15) is 24.0 Å². The lowest BCUT2D eigenvalue weighted by Crippen LogP contribution is -2.43. The van der Waals surface area contributed by atoms with Gasteiger partial charge >= 0.3 is 0 Å². The summed E-state index contributed by atoms with van der Waals surface area (Å²) in [7, 11) is 2.01. The van der Waals surface area contributed by atoms with Gasteiger partial charge in [0.25, 0.3) is 0 Å². The lowest BCUT2D eigenvalue weighted by molar-refractivity contribution is -0.133. The zero-order valence-corrected chi connectivity index (χ0v) is 14.6. The van der Waals surface area contributed by atoms with Gasteiger partial charge in [-0.3, -0.25) is 14.4 Å². The molecule has 2 aromatic rings. The third-order valence-corrected chi connectivity index (χ3v) is 4.56. The maximum Gasteiger partial charge on any atom is 0.237 e. The van der Waals surface area contributed by atoms with E-state index in [1.54, 1.807) is 0 Å². The van der Waals surface area contributed by atoms with Crippen molar-refractivity contribution in [2.45, 2.75) is 38.9 Å². The van der Waals surface area contributed by atoms with Crippen molar-refractivity contribution in [1.82, 2.24) is 19.6 Å². The number of carbonyl (C=O) groups is 1. The predicted octanol–water partition coefficient (Wildman–Crippen LogP) is 2.31. The number of aromatic nitrogens is 2. The zero-order chi connectivity index (χ0) is 16.9. The van der Waals surface area contributed by atoms with Gasteiger partial charge in [0.15, 0.2) is 0 Å². The highest BCUT2D eigenvalue weighted by Crippen LogP contribution is 2.19. The summed E-state index contributed by atoms with van der Waals surface area (Å²) in [6, 6.07) is 10.5. The minimum absolute atomic E-state index is 0.222. The maximum absolute atomic E-state index is 12.7. The highest BCUT2D eigenvalue weighted by atomic mass is 16.2. The van der Waals surface area contributed by atoms with Crippen LogP contribution >= 0.6 is 0 Å². The minimum atomic E-state index is 0.222. The summed E-state index contributed by atoms with van der Waals surface area (Å²) in [4.78, 5) is 16.8. The summed E-state index contributed by atoms with van der Waals surface area (Å²) in [5, 5.41) is 4.36. The van der Waals surface area contributed by atoms with Gasteiger partial charge in [0, 0.05) is 19.3 Å². The second-order valence-electron chi connectivity index (χ2n) is 6.78. The molecule has 1 atom stereocenters. The standard InChI is InChI=1S/C19H26N4O/c1-16-11-20-22(12-16)14-18-9-6-10-23(18)19(24)15-21(2)13-17-7-4-3-5-8-17/h3-5,7-8,11-12,18H,6,9-10,13-15H2,1-2H3. The number of hydrogen-bond donors (Lipinski definition) is 0. The molecule has 1 unspecified atom stereocenters. The Morgan fingerprint density at radius 1 is 1.33 bits per heavy atom. The number of hydrogen-bond acceptors (Lipinski definition) is 3. The molecule has 1 amide bonds. The summed E-state index contributed by atoms with van der Waals surface area (Å²) in [6.45, 7) is 4.96. The van der Waals surface area contributed by atoms with Gasteiger partial charge in [0.2, 0.25) is 5.91 Å². The van der Waals surface area contributed by atoms with Crippen LogP contribution in [-0.2, 0) is 17.9 Å². The van der Waals surface area contributed by atoms with Gasteiger partial charge in [-0.2, -0.15) is 5.10 Å². The Bertz CT molecular complexity index is 667. The SMILES string of the molecule is Cc1cnn(CC2CCCN2C(=O)CN(C)Cc2ccccc2)c1. The molecule has 2 heterocycles. The number of nitrogens with zero attached hydrogens (tertiary/aromatic N) is 4. The molecule has 5 nitrogen and oxygen atoms in total. The lowest BCUT2D eigenvalue weighted by Gasteiger charge is -2.27. The highest BCUT2D eigenvalue weighted by molar-refractivity contribution is 5.78. The molecule has 128 valence electrons. The molecular weight excluding hydrogens is 300 g/mol. The summed E-state index contributed by atoms with van der Waals surface area (Å²) in [5.74, 6) is 0.222. The Labute approximate surface area is 143 Å². The fourth-order valence-electron chi connectivity index (χ4n) is 3.41. The third kappa shape index (κ3) is 4.23. The predicted molar refractivity (Wildman–Crippen MR) is 94.5 cm³/mol. The van der Waals surface area contributed by atoms with Gasteiger partial charge in [-0.05, 0) is 37.9 Å². The normalized spacial score (nSPS) is 17.6. The summed E-state index contributed by atoms with van der Waals surface area (Å²) in [5.41, 5.74) is 2.39. The quantitative estimate of drug-likeness (QED) is 0.818. The second-order valence-corrected chi connectivity index (χ2v) is 6.78. The first-order chi connectivity index (χ1) is 11.6. The Kier molecular flexibility index (Phi) is 5.30. The number of rotatable bonds is 6. The van der Waals surface area contributed by atoms with E-state index in [1.165, 1.54) is 5.56 Å². The van der Waals surface area contributed by atoms with E-state index in [0.717, 1.165) is 38.0 Å². The first kappa shape index (κ1) is 16.7. The molecule has 0 saturated carbocycles. The van der Waals surface area contributed by atoms with Crippen LogP contribution in [0.2, 0.25) is 0 Å². The average molecular weight is 326 g/mol. The highest BCUT2D eigenvalue weighted by Gasteiger charge is 2.29. The molecule has 24 heavy (non-hydrogen) atoms. The molecule has 1 aromatic heterocycles. The molecule has 0 bridgehead atoms. The van der Waals surface area contributed by atoms with Gasteiger partial charge in [-0.25, -0.2) is 0 Å². The number of benzene rings is 1. The van der Waals surface area contributed by atoms with Gasteiger partial charge in [0.05, 0.1) is 25.3 Å². The van der Waals surface area contributed by atoms with Crippen molar-refractivity contribution in [2.75, 3.05) is 20.1 Å². The van der Waals surface area contributed by atoms with Crippen LogP contribution in [0.4, 0.5) is 0 Å². The Balaban J connectivity index is 1.55. The van der Waals surface area contributed by atoms with E-state index in [4.69, 9.17) is 0 Å². The van der Waals surface area contributed by atoms with Crippen molar-refractivity contribution in [3.05, 3.63) is 53.9 Å². The average Bonchev–Trinajstić information content (AvgIpc) is 3.17. The molecule has 1 aliphatic heterocycles. The van der Waals surface area contributed by atoms with Gasteiger partial charge < -0.3 is 4.90 Å². The number of amides is 1. The first-order valence-corrected chi connectivity index (χ1v) is 8.63. The molecular formula is C19H26N4O. The number of likely N-dealkylation sites (tertiary alicyclic amines) is 1. The molecule has 0 spiro atoms. The third-order valence-electron chi connectivity index (χ3n) is 4.56. The molecule has 1 fully saturated rings. The van der Waals surface area contributed by atoms with E-state index >= 15 is 0 Å². The molecule has 0 N–H and O–H groups in total. The van der Waals surface area contributed by atoms with Crippen LogP contribution < -0.4 is 0 Å². The van der Waals surface area contributed by atoms with E-state index in [1.807, 2.05) is 54.1 Å². The van der Waals surface area contributed by atoms with E-state index in [-0.39, 0.29) is 11.9 Å². The topological polar surface area (TPSA) is 41.4 Å². The van der Waals surface area contributed by atoms with Crippen molar-refractivity contribution < 1.29 is 4.79 Å². The Morgan fingerprint density at radius 3 is 2.83 bits per heavy atom. The fraction of sp³-hybridized carbons (Fsp3) is 0.474. The van der Waals surface area contributed by atoms with E-state index in [0.29, 0.717) is 6.54 Å². The smallest absolute Gasteiger partial charge is 0.237 e. The van der Waals surface area contributed by atoms with Crippen molar-refractivity contribution in [2.24, 2.45) is 0 Å². The number of carbonyl (C=O) groups excluding carboxylic acids is 1. The Hall–Kier alpha value is -2.14. The van der Waals surface area contributed by atoms with Crippen LogP contribution in [0, 0.1) is 6.92 Å². The monoisotopic (exact) mass is 326 g/mol. The molecule has 5 heteroatoms. The largest absolute Gasteiger partial charge is 0.337 e. The van der Waals surface area contributed by atoms with Crippen LogP contribution in [0.15, 0.2) is 42.7 Å².